The van der Waals surface area contributed by atoms with E-state index in [1.807, 2.05) is 18.2 Å². The van der Waals surface area contributed by atoms with E-state index in [-0.39, 0.29) is 5.91 Å². The van der Waals surface area contributed by atoms with Gasteiger partial charge in [-0.3, -0.25) is 4.79 Å². The maximum absolute atomic E-state index is 10.9. The van der Waals surface area contributed by atoms with Gasteiger partial charge in [-0.2, -0.15) is 5.10 Å². The highest BCUT2D eigenvalue weighted by atomic mass is 35.5. The summed E-state index contributed by atoms with van der Waals surface area (Å²) in [5.74, 6) is 1.55. The second kappa shape index (κ2) is 10.6. The van der Waals surface area contributed by atoms with Crippen LogP contribution in [0.15, 0.2) is 35.4 Å². The third-order valence-corrected chi connectivity index (χ3v) is 4.25. The number of carbonyl (C=O) groups excluding carboxylic acids is 1. The highest BCUT2D eigenvalue weighted by Crippen LogP contribution is 2.36. The minimum absolute atomic E-state index is 0.253. The molecule has 0 saturated heterocycles. The number of halogens is 1. The lowest BCUT2D eigenvalue weighted by molar-refractivity contribution is -0.118. The Balaban J connectivity index is 1.89. The molecule has 1 N–H and O–H groups in total. The number of benzene rings is 2. The van der Waals surface area contributed by atoms with E-state index < -0.39 is 0 Å². The molecular weight excluding hydrogens is 380 g/mol. The van der Waals surface area contributed by atoms with Crippen LogP contribution in [0, 0.1) is 13.8 Å². The van der Waals surface area contributed by atoms with Crippen LogP contribution in [0.1, 0.15) is 30.0 Å². The molecule has 0 aliphatic rings. The van der Waals surface area contributed by atoms with Crippen molar-refractivity contribution in [1.82, 2.24) is 5.43 Å². The van der Waals surface area contributed by atoms with E-state index in [1.165, 1.54) is 31.4 Å². The topological polar surface area (TPSA) is 69.2 Å². The highest BCUT2D eigenvalue weighted by Gasteiger charge is 2.11. The summed E-state index contributed by atoms with van der Waals surface area (Å²) >= 11 is 6.31. The van der Waals surface area contributed by atoms with Gasteiger partial charge in [0, 0.05) is 13.3 Å². The Morgan fingerprint density at radius 3 is 2.57 bits per heavy atom. The molecule has 0 aliphatic heterocycles. The predicted octanol–water partition coefficient (Wildman–Crippen LogP) is 4.28. The molecule has 150 valence electrons. The van der Waals surface area contributed by atoms with Gasteiger partial charge in [-0.05, 0) is 54.8 Å². The van der Waals surface area contributed by atoms with Crippen LogP contribution in [0.3, 0.4) is 0 Å². The monoisotopic (exact) mass is 404 g/mol. The second-order valence-corrected chi connectivity index (χ2v) is 6.66. The Hall–Kier alpha value is -2.73. The molecule has 2 rings (SSSR count). The second-order valence-electron chi connectivity index (χ2n) is 6.26. The fourth-order valence-corrected chi connectivity index (χ4v) is 2.65. The van der Waals surface area contributed by atoms with Crippen molar-refractivity contribution in [2.75, 3.05) is 20.3 Å². The molecule has 2 aromatic carbocycles. The van der Waals surface area contributed by atoms with Crippen LogP contribution in [0.5, 0.6) is 17.2 Å². The quantitative estimate of drug-likeness (QED) is 0.384. The Bertz CT molecular complexity index is 853. The van der Waals surface area contributed by atoms with E-state index in [0.29, 0.717) is 41.7 Å². The highest BCUT2D eigenvalue weighted by molar-refractivity contribution is 6.32. The number of hydrogen-bond acceptors (Lipinski definition) is 5. The van der Waals surface area contributed by atoms with Crippen molar-refractivity contribution in [3.63, 3.8) is 0 Å². The number of amides is 1. The lowest BCUT2D eigenvalue weighted by Crippen LogP contribution is -2.12. The lowest BCUT2D eigenvalue weighted by atomic mass is 10.1. The Labute approximate surface area is 170 Å². The summed E-state index contributed by atoms with van der Waals surface area (Å²) in [4.78, 5) is 10.9. The number of rotatable bonds is 9. The van der Waals surface area contributed by atoms with Gasteiger partial charge in [0.1, 0.15) is 5.75 Å². The number of hydrogen-bond donors (Lipinski definition) is 1. The van der Waals surface area contributed by atoms with Gasteiger partial charge in [0.25, 0.3) is 0 Å². The van der Waals surface area contributed by atoms with E-state index in [1.54, 1.807) is 12.1 Å². The summed E-state index contributed by atoms with van der Waals surface area (Å²) in [5, 5.41) is 4.22. The van der Waals surface area contributed by atoms with Gasteiger partial charge < -0.3 is 14.2 Å². The molecule has 0 spiro atoms. The molecule has 1 amide bonds. The molecule has 0 fully saturated rings. The van der Waals surface area contributed by atoms with Crippen LogP contribution >= 0.6 is 11.6 Å². The molecule has 6 nitrogen and oxygen atoms in total. The molecule has 2 aromatic rings. The number of methoxy groups -OCH3 is 1. The average Bonchev–Trinajstić information content (AvgIpc) is 2.65. The van der Waals surface area contributed by atoms with E-state index in [9.17, 15) is 4.79 Å². The molecule has 0 heterocycles. The van der Waals surface area contributed by atoms with Crippen molar-refractivity contribution in [3.05, 3.63) is 52.0 Å². The zero-order valence-corrected chi connectivity index (χ0v) is 17.3. The van der Waals surface area contributed by atoms with Crippen molar-refractivity contribution in [2.45, 2.75) is 27.2 Å². The summed E-state index contributed by atoms with van der Waals surface area (Å²) in [5.41, 5.74) is 5.46. The molecule has 0 aliphatic carbocycles. The van der Waals surface area contributed by atoms with Crippen molar-refractivity contribution in [3.8, 4) is 17.2 Å². The van der Waals surface area contributed by atoms with Crippen LogP contribution in [0.2, 0.25) is 5.02 Å². The van der Waals surface area contributed by atoms with E-state index >= 15 is 0 Å². The molecule has 7 heteroatoms. The fourth-order valence-electron chi connectivity index (χ4n) is 2.38. The molecule has 0 atom stereocenters. The van der Waals surface area contributed by atoms with E-state index in [2.05, 4.69) is 24.4 Å². The smallest absolute Gasteiger partial charge is 0.236 e. The fraction of sp³-hybridized carbons (Fsp3) is 0.333. The van der Waals surface area contributed by atoms with Gasteiger partial charge in [0.15, 0.2) is 11.5 Å². The third-order valence-electron chi connectivity index (χ3n) is 3.97. The standard InChI is InChI=1S/C21H25ClN2O4/c1-14-6-7-18(10-15(14)2)27-8-5-9-28-21-19(22)11-17(12-20(21)26-4)13-23-24-16(3)25/h6-7,10-13H,5,8-9H2,1-4H3,(H,24,25). The third kappa shape index (κ3) is 6.46. The first-order valence-corrected chi connectivity index (χ1v) is 9.28. The SMILES string of the molecule is COc1cc(C=NNC(C)=O)cc(Cl)c1OCCCOc1ccc(C)c(C)c1. The zero-order chi connectivity index (χ0) is 20.5. The first-order chi connectivity index (χ1) is 13.4. The molecule has 0 saturated carbocycles. The van der Waals surface area contributed by atoms with Crippen LogP contribution in [-0.2, 0) is 4.79 Å². The average molecular weight is 405 g/mol. The summed E-state index contributed by atoms with van der Waals surface area (Å²) in [6.45, 7) is 6.47. The Kier molecular flexibility index (Phi) is 8.14. The molecule has 0 radical (unpaired) electrons. The van der Waals surface area contributed by atoms with Gasteiger partial charge in [-0.1, -0.05) is 17.7 Å². The van der Waals surface area contributed by atoms with Crippen LogP contribution in [0.4, 0.5) is 0 Å². The number of nitrogens with zero attached hydrogens (tertiary/aromatic N) is 1. The predicted molar refractivity (Wildman–Crippen MR) is 111 cm³/mol. The number of carbonyl (C=O) groups is 1. The van der Waals surface area contributed by atoms with Crippen LogP contribution in [-0.4, -0.2) is 32.4 Å². The van der Waals surface area contributed by atoms with Gasteiger partial charge in [0.05, 0.1) is 31.6 Å². The minimum atomic E-state index is -0.253. The van der Waals surface area contributed by atoms with Gasteiger partial charge in [0.2, 0.25) is 5.91 Å². The van der Waals surface area contributed by atoms with Gasteiger partial charge in [-0.15, -0.1) is 0 Å². The normalized spacial score (nSPS) is 10.8. The summed E-state index contributed by atoms with van der Waals surface area (Å²) < 4.78 is 16.9. The lowest BCUT2D eigenvalue weighted by Gasteiger charge is -2.14. The molecule has 28 heavy (non-hydrogen) atoms. The number of ether oxygens (including phenoxy) is 3. The van der Waals surface area contributed by atoms with Crippen LogP contribution in [0.25, 0.3) is 0 Å². The Morgan fingerprint density at radius 2 is 1.89 bits per heavy atom. The largest absolute Gasteiger partial charge is 0.493 e. The van der Waals surface area contributed by atoms with E-state index in [4.69, 9.17) is 25.8 Å². The van der Waals surface area contributed by atoms with E-state index in [0.717, 1.165) is 5.75 Å². The maximum atomic E-state index is 10.9. The summed E-state index contributed by atoms with van der Waals surface area (Å²) in [7, 11) is 1.54. The first kappa shape index (κ1) is 21.6. The molecular formula is C21H25ClN2O4. The van der Waals surface area contributed by atoms with Crippen molar-refractivity contribution < 1.29 is 19.0 Å². The minimum Gasteiger partial charge on any atom is -0.493 e. The zero-order valence-electron chi connectivity index (χ0n) is 16.5. The Morgan fingerprint density at radius 1 is 1.14 bits per heavy atom. The van der Waals surface area contributed by atoms with Crippen LogP contribution < -0.4 is 19.6 Å². The van der Waals surface area contributed by atoms with Crippen molar-refractivity contribution in [2.24, 2.45) is 5.10 Å². The number of hydrazone groups is 1. The van der Waals surface area contributed by atoms with Crippen molar-refractivity contribution >= 4 is 23.7 Å². The molecule has 0 unspecified atom stereocenters. The van der Waals surface area contributed by atoms with Gasteiger partial charge >= 0.3 is 0 Å². The van der Waals surface area contributed by atoms with Crippen molar-refractivity contribution in [1.29, 1.82) is 0 Å². The number of nitrogens with one attached hydrogen (secondary N) is 1. The maximum Gasteiger partial charge on any atom is 0.236 e. The summed E-state index contributed by atoms with van der Waals surface area (Å²) in [6.07, 6.45) is 2.18. The molecule has 0 aromatic heterocycles. The first-order valence-electron chi connectivity index (χ1n) is 8.90. The summed E-state index contributed by atoms with van der Waals surface area (Å²) in [6, 6.07) is 9.46. The molecule has 0 bridgehead atoms. The van der Waals surface area contributed by atoms with Gasteiger partial charge in [-0.25, -0.2) is 5.43 Å². The number of aryl methyl sites for hydroxylation is 2.